The van der Waals surface area contributed by atoms with Gasteiger partial charge in [-0.15, -0.1) is 10.2 Å². The number of aryl methyl sites for hydroxylation is 1. The Bertz CT molecular complexity index is 2260. The van der Waals surface area contributed by atoms with Gasteiger partial charge >= 0.3 is 0 Å². The molecule has 1 saturated carbocycles. The molecule has 60 heavy (non-hydrogen) atoms. The first kappa shape index (κ1) is 39.7. The number of ether oxygens (including phenoxy) is 2. The molecule has 4 N–H and O–H groups in total. The number of aliphatic hydroxyl groups excluding tert-OH is 1. The minimum atomic E-state index is -1.29. The highest BCUT2D eigenvalue weighted by atomic mass is 16.5. The van der Waals surface area contributed by atoms with E-state index in [1.807, 2.05) is 41.8 Å². The Morgan fingerprint density at radius 1 is 1.02 bits per heavy atom. The largest absolute Gasteiger partial charge is 0.382 e. The van der Waals surface area contributed by atoms with Crippen molar-refractivity contribution < 1.29 is 33.8 Å². The van der Waals surface area contributed by atoms with Crippen LogP contribution in [0.5, 0.6) is 0 Å². The zero-order chi connectivity index (χ0) is 41.5. The van der Waals surface area contributed by atoms with Gasteiger partial charge in [0.05, 0.1) is 56.1 Å². The van der Waals surface area contributed by atoms with Gasteiger partial charge in [-0.1, -0.05) is 19.1 Å². The quantitative estimate of drug-likeness (QED) is 0.121. The number of nitrogens with one attached hydrogen (secondary N) is 3. The number of carbonyl (C=O) groups is 4. The van der Waals surface area contributed by atoms with Crippen LogP contribution >= 0.6 is 0 Å². The van der Waals surface area contributed by atoms with Crippen LogP contribution in [0.4, 0.5) is 17.5 Å². The summed E-state index contributed by atoms with van der Waals surface area (Å²) >= 11 is 0. The lowest BCUT2D eigenvalue weighted by atomic mass is 9.92. The molecule has 0 radical (unpaired) electrons. The van der Waals surface area contributed by atoms with Crippen LogP contribution in [0, 0.1) is 11.8 Å². The number of likely N-dealkylation sites (tertiary alicyclic amines) is 1. The lowest BCUT2D eigenvalue weighted by Crippen LogP contribution is -2.57. The van der Waals surface area contributed by atoms with Crippen molar-refractivity contribution in [1.29, 1.82) is 0 Å². The van der Waals surface area contributed by atoms with Crippen LogP contribution in [-0.4, -0.2) is 122 Å². The van der Waals surface area contributed by atoms with Crippen molar-refractivity contribution in [3.05, 3.63) is 65.1 Å². The van der Waals surface area contributed by atoms with Gasteiger partial charge in [0.25, 0.3) is 11.8 Å². The first-order valence-electron chi connectivity index (χ1n) is 21.1. The van der Waals surface area contributed by atoms with Crippen molar-refractivity contribution in [2.45, 2.75) is 83.3 Å². The van der Waals surface area contributed by atoms with Crippen LogP contribution < -0.4 is 25.8 Å². The van der Waals surface area contributed by atoms with Crippen LogP contribution in [0.25, 0.3) is 11.5 Å². The van der Waals surface area contributed by atoms with Gasteiger partial charge < -0.3 is 40.0 Å². The summed E-state index contributed by atoms with van der Waals surface area (Å²) in [6, 6.07) is 6.77. The monoisotopic (exact) mass is 821 g/mol. The third kappa shape index (κ3) is 7.19. The van der Waals surface area contributed by atoms with Crippen LogP contribution in [0.3, 0.4) is 0 Å². The molecule has 1 spiro atoms. The number of pyridine rings is 2. The molecule has 18 heteroatoms. The van der Waals surface area contributed by atoms with Gasteiger partial charge in [0.1, 0.15) is 35.7 Å². The van der Waals surface area contributed by atoms with E-state index in [-0.39, 0.29) is 36.1 Å². The maximum atomic E-state index is 14.1. The van der Waals surface area contributed by atoms with Crippen LogP contribution in [-0.2, 0) is 36.9 Å². The van der Waals surface area contributed by atoms with Gasteiger partial charge in [-0.2, -0.15) is 0 Å². The van der Waals surface area contributed by atoms with Crippen molar-refractivity contribution in [3.8, 4) is 11.5 Å². The highest BCUT2D eigenvalue weighted by molar-refractivity contribution is 6.16. The summed E-state index contributed by atoms with van der Waals surface area (Å²) < 4.78 is 13.6. The smallest absolute Gasteiger partial charge is 0.260 e. The molecular weight excluding hydrogens is 771 g/mol. The third-order valence-corrected chi connectivity index (χ3v) is 12.7. The fraction of sp³-hybridized carbons (Fsp3) is 0.524. The maximum Gasteiger partial charge on any atom is 0.260 e. The second-order valence-electron chi connectivity index (χ2n) is 16.3. The number of carbonyl (C=O) groups excluding carboxylic acids is 4. The van der Waals surface area contributed by atoms with Gasteiger partial charge in [0.2, 0.25) is 11.8 Å². The number of aliphatic hydroxyl groups is 1. The van der Waals surface area contributed by atoms with Gasteiger partial charge in [-0.25, -0.2) is 9.97 Å². The molecule has 4 fully saturated rings. The first-order chi connectivity index (χ1) is 29.2. The Morgan fingerprint density at radius 2 is 1.82 bits per heavy atom. The minimum Gasteiger partial charge on any atom is -0.382 e. The zero-order valence-electron chi connectivity index (χ0n) is 33.9. The molecule has 316 valence electrons. The van der Waals surface area contributed by atoms with E-state index in [1.54, 1.807) is 17.3 Å². The van der Waals surface area contributed by atoms with Crippen molar-refractivity contribution in [2.75, 3.05) is 61.2 Å². The summed E-state index contributed by atoms with van der Waals surface area (Å²) in [6.45, 7) is 8.56. The van der Waals surface area contributed by atoms with E-state index in [2.05, 4.69) is 38.0 Å². The van der Waals surface area contributed by atoms with Gasteiger partial charge in [-0.3, -0.25) is 29.0 Å². The molecular formula is C42H51N11O7. The van der Waals surface area contributed by atoms with Crippen LogP contribution in [0.2, 0.25) is 0 Å². The number of piperidine rings is 1. The van der Waals surface area contributed by atoms with E-state index in [9.17, 15) is 24.3 Å². The Kier molecular flexibility index (Phi) is 10.8. The lowest BCUT2D eigenvalue weighted by Gasteiger charge is -2.33. The van der Waals surface area contributed by atoms with Gasteiger partial charge in [0, 0.05) is 49.4 Å². The van der Waals surface area contributed by atoms with E-state index in [4.69, 9.17) is 19.4 Å². The summed E-state index contributed by atoms with van der Waals surface area (Å²) in [5, 5.41) is 27.9. The molecule has 2 aliphatic carbocycles. The van der Waals surface area contributed by atoms with E-state index >= 15 is 0 Å². The summed E-state index contributed by atoms with van der Waals surface area (Å²) in [6.07, 6.45) is 8.16. The molecule has 6 aliphatic rings. The van der Waals surface area contributed by atoms with E-state index in [0.717, 1.165) is 42.1 Å². The number of anilines is 3. The zero-order valence-corrected chi connectivity index (χ0v) is 33.9. The Morgan fingerprint density at radius 3 is 2.58 bits per heavy atom. The molecule has 3 aromatic heterocycles. The Labute approximate surface area is 347 Å². The summed E-state index contributed by atoms with van der Waals surface area (Å²) in [4.78, 5) is 67.7. The number of nitrogens with zero attached hydrogens (tertiary/aromatic N) is 8. The molecule has 7 heterocycles. The molecule has 5 atom stereocenters. The number of hydrogen-bond acceptors (Lipinski definition) is 14. The molecule has 3 saturated heterocycles. The number of rotatable bonds is 16. The minimum absolute atomic E-state index is 0.115. The molecule has 5 unspecified atom stereocenters. The van der Waals surface area contributed by atoms with E-state index < -0.39 is 24.1 Å². The standard InChI is InChI=1S/C42H51N11O7/c1-3-50-24-45-49-37(50)30-9-5-10-32(46-30)51-23-28-27(39(51)56)21-33(52-16-6-13-42(52)22-25(42)2)47-36(28)44-15-18-60-20-19-59-17-14-43-29-8-4-7-26-35(29)41(58)53(40(26)57)31-11-12-34(54)48-38(31)55/h4-5,8-10,21,24-26,31,38,43,55H,3,6-7,11-20,22-23H2,1-2H3,(H,44,47)(H,48,54). The summed E-state index contributed by atoms with van der Waals surface area (Å²) in [5.74, 6) is 1.42. The Balaban J connectivity index is 0.785. The third-order valence-electron chi connectivity index (χ3n) is 12.7. The van der Waals surface area contributed by atoms with Gasteiger partial charge in [0.15, 0.2) is 5.82 Å². The van der Waals surface area contributed by atoms with E-state index in [0.29, 0.717) is 105 Å². The fourth-order valence-corrected chi connectivity index (χ4v) is 9.51. The van der Waals surface area contributed by atoms with Crippen molar-refractivity contribution in [3.63, 3.8) is 0 Å². The maximum absolute atomic E-state index is 14.1. The molecule has 4 amide bonds. The normalized spacial score (nSPS) is 25.8. The van der Waals surface area contributed by atoms with Crippen molar-refractivity contribution >= 4 is 41.1 Å². The predicted molar refractivity (Wildman–Crippen MR) is 218 cm³/mol. The second kappa shape index (κ2) is 16.4. The number of hydrogen-bond donors (Lipinski definition) is 4. The molecule has 18 nitrogen and oxygen atoms in total. The predicted octanol–water partition coefficient (Wildman–Crippen LogP) is 2.12. The summed E-state index contributed by atoms with van der Waals surface area (Å²) in [7, 11) is 0. The van der Waals surface area contributed by atoms with Gasteiger partial charge in [-0.05, 0) is 69.2 Å². The Hall–Kier alpha value is -5.72. The SMILES string of the molecule is CCn1cnnc1-c1cccc(N2Cc3c(cc(N4CCCC45CC5C)nc3NCCOCCOCCNC3=C4C(=O)N(C5CCC(=O)NC5O)C(=O)C4CC=C3)C2=O)n1. The first-order valence-corrected chi connectivity index (χ1v) is 21.1. The summed E-state index contributed by atoms with van der Waals surface area (Å²) in [5.41, 5.74) is 3.16. The van der Waals surface area contributed by atoms with Crippen LogP contribution in [0.15, 0.2) is 54.0 Å². The molecule has 4 aliphatic heterocycles. The lowest BCUT2D eigenvalue weighted by molar-refractivity contribution is -0.150. The number of allylic oxidation sites excluding steroid dienone is 2. The van der Waals surface area contributed by atoms with Crippen LogP contribution in [0.1, 0.15) is 68.3 Å². The number of aromatic nitrogens is 5. The second-order valence-corrected chi connectivity index (χ2v) is 16.3. The number of fused-ring (bicyclic) bond motifs is 2. The van der Waals surface area contributed by atoms with Crippen molar-refractivity contribution in [2.24, 2.45) is 11.8 Å². The topological polar surface area (TPSA) is 209 Å². The molecule has 0 bridgehead atoms. The fourth-order valence-electron chi connectivity index (χ4n) is 9.51. The average Bonchev–Trinajstić information content (AvgIpc) is 3.72. The average molecular weight is 822 g/mol. The molecule has 9 rings (SSSR count). The molecule has 0 aromatic carbocycles. The highest BCUT2D eigenvalue weighted by Gasteiger charge is 2.58. The molecule has 3 aromatic rings. The van der Waals surface area contributed by atoms with E-state index in [1.165, 1.54) is 0 Å². The number of imide groups is 1. The number of amides is 4. The van der Waals surface area contributed by atoms with Crippen molar-refractivity contribution in [1.82, 2.24) is 40.3 Å². The highest BCUT2D eigenvalue weighted by Crippen LogP contribution is 2.56.